The van der Waals surface area contributed by atoms with Gasteiger partial charge < -0.3 is 10.6 Å². The lowest BCUT2D eigenvalue weighted by Gasteiger charge is -2.33. The predicted octanol–water partition coefficient (Wildman–Crippen LogP) is 2.04. The number of rotatable bonds is 5. The minimum absolute atomic E-state index is 0.205. The zero-order valence-corrected chi connectivity index (χ0v) is 16.6. The van der Waals surface area contributed by atoms with Gasteiger partial charge >= 0.3 is 0 Å². The molecule has 2 fully saturated rings. The molecule has 2 N–H and O–H groups in total. The monoisotopic (exact) mass is 393 g/mol. The van der Waals surface area contributed by atoms with Crippen LogP contribution < -0.4 is 5.73 Å². The second-order valence-corrected chi connectivity index (χ2v) is 7.90. The lowest BCUT2D eigenvalue weighted by molar-refractivity contribution is -0.131. The molecule has 152 valence electrons. The van der Waals surface area contributed by atoms with E-state index in [9.17, 15) is 9.59 Å². The van der Waals surface area contributed by atoms with Crippen LogP contribution in [0.5, 0.6) is 0 Å². The number of amides is 2. The van der Waals surface area contributed by atoms with Gasteiger partial charge in [-0.05, 0) is 44.4 Å². The van der Waals surface area contributed by atoms with Crippen molar-refractivity contribution in [1.82, 2.24) is 19.8 Å². The van der Waals surface area contributed by atoms with Crippen LogP contribution in [-0.2, 0) is 4.79 Å². The number of piperidine rings is 1. The normalized spacial score (nSPS) is 20.0. The first-order chi connectivity index (χ1) is 14.1. The van der Waals surface area contributed by atoms with Gasteiger partial charge in [0.25, 0.3) is 0 Å². The van der Waals surface area contributed by atoms with Crippen LogP contribution in [0.2, 0.25) is 0 Å². The first-order valence-corrected chi connectivity index (χ1v) is 10.3. The number of carbonyl (C=O) groups is 2. The summed E-state index contributed by atoms with van der Waals surface area (Å²) in [6, 6.07) is 7.22. The predicted molar refractivity (Wildman–Crippen MR) is 110 cm³/mol. The molecule has 0 saturated carbocycles. The Morgan fingerprint density at radius 2 is 1.86 bits per heavy atom. The maximum absolute atomic E-state index is 12.6. The van der Waals surface area contributed by atoms with E-state index in [1.807, 2.05) is 17.0 Å². The molecule has 2 aromatic rings. The Hall–Kier alpha value is -2.80. The van der Waals surface area contributed by atoms with Crippen LogP contribution in [0.3, 0.4) is 0 Å². The number of aromatic nitrogens is 2. The molecule has 4 rings (SSSR count). The molecule has 0 unspecified atom stereocenters. The van der Waals surface area contributed by atoms with E-state index < -0.39 is 5.91 Å². The van der Waals surface area contributed by atoms with Crippen LogP contribution in [0.4, 0.5) is 0 Å². The van der Waals surface area contributed by atoms with Crippen molar-refractivity contribution in [3.05, 3.63) is 47.9 Å². The first-order valence-electron chi connectivity index (χ1n) is 10.3. The van der Waals surface area contributed by atoms with Crippen molar-refractivity contribution in [2.75, 3.05) is 32.7 Å². The minimum Gasteiger partial charge on any atom is -0.366 e. The summed E-state index contributed by atoms with van der Waals surface area (Å²) in [5.41, 5.74) is 8.45. The number of carbonyl (C=O) groups excluding carboxylic acids is 2. The van der Waals surface area contributed by atoms with Gasteiger partial charge in [0.1, 0.15) is 0 Å². The second kappa shape index (κ2) is 8.69. The third-order valence-electron chi connectivity index (χ3n) is 5.86. The molecule has 0 aliphatic carbocycles. The summed E-state index contributed by atoms with van der Waals surface area (Å²) in [6.07, 6.45) is 7.65. The molecule has 3 heterocycles. The standard InChI is InChI=1S/C22H27N5O2/c23-22(29)17-6-3-5-16(13-17)20-21(25-9-8-24-20)18-7-4-10-26(14-18)15-19(28)27-11-1-2-12-27/h3,5-6,8-9,13,18H,1-2,4,7,10-12,14-15H2,(H2,23,29)/t18-/m1/s1. The van der Waals surface area contributed by atoms with Crippen LogP contribution in [0, 0.1) is 0 Å². The number of likely N-dealkylation sites (tertiary alicyclic amines) is 2. The SMILES string of the molecule is NC(=O)c1cccc(-c2nccnc2[C@@H]2CCCN(CC(=O)N3CCCC3)C2)c1. The molecule has 29 heavy (non-hydrogen) atoms. The second-order valence-electron chi connectivity index (χ2n) is 7.90. The summed E-state index contributed by atoms with van der Waals surface area (Å²) in [7, 11) is 0. The largest absolute Gasteiger partial charge is 0.366 e. The third-order valence-corrected chi connectivity index (χ3v) is 5.86. The van der Waals surface area contributed by atoms with E-state index in [0.29, 0.717) is 12.1 Å². The van der Waals surface area contributed by atoms with E-state index in [0.717, 1.165) is 68.8 Å². The maximum Gasteiger partial charge on any atom is 0.248 e. The topological polar surface area (TPSA) is 92.4 Å². The zero-order valence-electron chi connectivity index (χ0n) is 16.6. The van der Waals surface area contributed by atoms with Crippen molar-refractivity contribution in [2.24, 2.45) is 5.73 Å². The van der Waals surface area contributed by atoms with Gasteiger partial charge in [-0.15, -0.1) is 0 Å². The van der Waals surface area contributed by atoms with Gasteiger partial charge in [0.2, 0.25) is 11.8 Å². The third kappa shape index (κ3) is 4.45. The number of benzene rings is 1. The molecule has 1 aromatic heterocycles. The number of primary amides is 1. The molecular weight excluding hydrogens is 366 g/mol. The summed E-state index contributed by atoms with van der Waals surface area (Å²) in [5, 5.41) is 0. The van der Waals surface area contributed by atoms with Crippen LogP contribution in [-0.4, -0.2) is 64.3 Å². The van der Waals surface area contributed by atoms with E-state index in [1.54, 1.807) is 24.5 Å². The van der Waals surface area contributed by atoms with Crippen molar-refractivity contribution < 1.29 is 9.59 Å². The van der Waals surface area contributed by atoms with Crippen LogP contribution in [0.15, 0.2) is 36.7 Å². The summed E-state index contributed by atoms with van der Waals surface area (Å²) in [6.45, 7) is 3.98. The first kappa shape index (κ1) is 19.5. The average Bonchev–Trinajstić information content (AvgIpc) is 3.29. The van der Waals surface area contributed by atoms with Gasteiger partial charge in [-0.1, -0.05) is 12.1 Å². The Labute approximate surface area is 170 Å². The lowest BCUT2D eigenvalue weighted by Crippen LogP contribution is -2.43. The summed E-state index contributed by atoms with van der Waals surface area (Å²) >= 11 is 0. The molecule has 2 aliphatic heterocycles. The highest BCUT2D eigenvalue weighted by molar-refractivity contribution is 5.94. The van der Waals surface area contributed by atoms with Gasteiger partial charge in [-0.3, -0.25) is 24.5 Å². The quantitative estimate of drug-likeness (QED) is 0.839. The molecule has 0 spiro atoms. The Bertz CT molecular complexity index is 894. The Morgan fingerprint density at radius 1 is 1.07 bits per heavy atom. The fourth-order valence-electron chi connectivity index (χ4n) is 4.37. The molecular formula is C22H27N5O2. The summed E-state index contributed by atoms with van der Waals surface area (Å²) in [4.78, 5) is 37.6. The highest BCUT2D eigenvalue weighted by atomic mass is 16.2. The molecule has 1 atom stereocenters. The minimum atomic E-state index is -0.457. The van der Waals surface area contributed by atoms with Gasteiger partial charge in [-0.25, -0.2) is 0 Å². The van der Waals surface area contributed by atoms with Gasteiger partial charge in [0, 0.05) is 49.1 Å². The Morgan fingerprint density at radius 3 is 2.66 bits per heavy atom. The molecule has 2 saturated heterocycles. The van der Waals surface area contributed by atoms with Gasteiger partial charge in [-0.2, -0.15) is 0 Å². The number of nitrogens with zero attached hydrogens (tertiary/aromatic N) is 4. The van der Waals surface area contributed by atoms with E-state index in [2.05, 4.69) is 14.9 Å². The average molecular weight is 393 g/mol. The molecule has 0 bridgehead atoms. The zero-order chi connectivity index (χ0) is 20.2. The van der Waals surface area contributed by atoms with Crippen LogP contribution >= 0.6 is 0 Å². The molecule has 7 heteroatoms. The highest BCUT2D eigenvalue weighted by Gasteiger charge is 2.28. The smallest absolute Gasteiger partial charge is 0.248 e. The molecule has 0 radical (unpaired) electrons. The molecule has 1 aromatic carbocycles. The van der Waals surface area contributed by atoms with Gasteiger partial charge in [0.05, 0.1) is 17.9 Å². The summed E-state index contributed by atoms with van der Waals surface area (Å²) < 4.78 is 0. The van der Waals surface area contributed by atoms with E-state index in [1.165, 1.54) is 0 Å². The Kier molecular flexibility index (Phi) is 5.85. The molecule has 7 nitrogen and oxygen atoms in total. The number of hydrogen-bond acceptors (Lipinski definition) is 5. The van der Waals surface area contributed by atoms with E-state index in [4.69, 9.17) is 5.73 Å². The van der Waals surface area contributed by atoms with Crippen molar-refractivity contribution in [2.45, 2.75) is 31.6 Å². The van der Waals surface area contributed by atoms with Gasteiger partial charge in [0.15, 0.2) is 0 Å². The van der Waals surface area contributed by atoms with Crippen molar-refractivity contribution in [3.63, 3.8) is 0 Å². The molecule has 2 amide bonds. The van der Waals surface area contributed by atoms with Crippen molar-refractivity contribution in [1.29, 1.82) is 0 Å². The van der Waals surface area contributed by atoms with Crippen LogP contribution in [0.1, 0.15) is 47.7 Å². The number of hydrogen-bond donors (Lipinski definition) is 1. The van der Waals surface area contributed by atoms with Crippen molar-refractivity contribution in [3.8, 4) is 11.3 Å². The Balaban J connectivity index is 1.53. The fraction of sp³-hybridized carbons (Fsp3) is 0.455. The fourth-order valence-corrected chi connectivity index (χ4v) is 4.37. The maximum atomic E-state index is 12.6. The van der Waals surface area contributed by atoms with Crippen LogP contribution in [0.25, 0.3) is 11.3 Å². The summed E-state index contributed by atoms with van der Waals surface area (Å²) in [5.74, 6) is -0.0192. The lowest BCUT2D eigenvalue weighted by atomic mass is 9.91. The number of nitrogens with two attached hydrogens (primary N) is 1. The van der Waals surface area contributed by atoms with Crippen molar-refractivity contribution >= 4 is 11.8 Å². The highest BCUT2D eigenvalue weighted by Crippen LogP contribution is 2.32. The van der Waals surface area contributed by atoms with E-state index in [-0.39, 0.29) is 11.8 Å². The molecule has 2 aliphatic rings. The van der Waals surface area contributed by atoms with E-state index >= 15 is 0 Å².